The highest BCUT2D eigenvalue weighted by Crippen LogP contribution is 2.27. The van der Waals surface area contributed by atoms with E-state index in [-0.39, 0.29) is 0 Å². The van der Waals surface area contributed by atoms with Crippen molar-refractivity contribution in [1.82, 2.24) is 9.97 Å². The first-order valence-electron chi connectivity index (χ1n) is 6.41. The van der Waals surface area contributed by atoms with Gasteiger partial charge in [0.2, 0.25) is 5.88 Å². The van der Waals surface area contributed by atoms with Crippen LogP contribution in [-0.4, -0.2) is 9.97 Å². The largest absolute Gasteiger partial charge is 0.439 e. The number of benzene rings is 1. The van der Waals surface area contributed by atoms with Crippen molar-refractivity contribution in [2.45, 2.75) is 26.7 Å². The number of hydrazine groups is 1. The van der Waals surface area contributed by atoms with Gasteiger partial charge in [0.25, 0.3) is 0 Å². The van der Waals surface area contributed by atoms with Crippen molar-refractivity contribution in [2.75, 3.05) is 5.43 Å². The number of nitrogens with one attached hydrogen (secondary N) is 1. The Labute approximate surface area is 132 Å². The molecule has 0 saturated carbocycles. The van der Waals surface area contributed by atoms with Crippen LogP contribution < -0.4 is 16.0 Å². The normalized spacial score (nSPS) is 10.4. The minimum atomic E-state index is 0.539. The zero-order chi connectivity index (χ0) is 14.5. The molecule has 2 aromatic rings. The molecule has 2 rings (SSSR count). The molecule has 0 aliphatic carbocycles. The Bertz CT molecular complexity index is 586. The van der Waals surface area contributed by atoms with Crippen LogP contribution in [0, 0.1) is 10.5 Å². The Morgan fingerprint density at radius 1 is 1.25 bits per heavy atom. The predicted molar refractivity (Wildman–Crippen MR) is 87.8 cm³/mol. The monoisotopic (exact) mass is 384 g/mol. The molecule has 5 nitrogen and oxygen atoms in total. The molecule has 0 unspecified atom stereocenters. The maximum absolute atomic E-state index is 5.84. The van der Waals surface area contributed by atoms with E-state index in [1.807, 2.05) is 31.2 Å². The first-order chi connectivity index (χ1) is 9.63. The molecule has 0 spiro atoms. The second-order valence-electron chi connectivity index (χ2n) is 4.37. The zero-order valence-electron chi connectivity index (χ0n) is 11.5. The summed E-state index contributed by atoms with van der Waals surface area (Å²) in [5.41, 5.74) is 3.39. The van der Waals surface area contributed by atoms with Crippen molar-refractivity contribution in [2.24, 2.45) is 5.84 Å². The van der Waals surface area contributed by atoms with Gasteiger partial charge in [-0.25, -0.2) is 10.8 Å². The smallest absolute Gasteiger partial charge is 0.227 e. The topological polar surface area (TPSA) is 73.1 Å². The van der Waals surface area contributed by atoms with Gasteiger partial charge in [-0.3, -0.25) is 0 Å². The maximum atomic E-state index is 5.84. The van der Waals surface area contributed by atoms with Gasteiger partial charge >= 0.3 is 0 Å². The van der Waals surface area contributed by atoms with E-state index in [0.29, 0.717) is 11.7 Å². The van der Waals surface area contributed by atoms with Crippen LogP contribution in [0.3, 0.4) is 0 Å². The highest BCUT2D eigenvalue weighted by molar-refractivity contribution is 14.1. The minimum Gasteiger partial charge on any atom is -0.439 e. The molecule has 6 heteroatoms. The molecule has 0 aliphatic heterocycles. The molecule has 0 bridgehead atoms. The third-order valence-electron chi connectivity index (χ3n) is 2.79. The number of rotatable bonds is 5. The fourth-order valence-electron chi connectivity index (χ4n) is 1.73. The zero-order valence-corrected chi connectivity index (χ0v) is 13.6. The quantitative estimate of drug-likeness (QED) is 0.470. The maximum Gasteiger partial charge on any atom is 0.227 e. The van der Waals surface area contributed by atoms with Gasteiger partial charge in [-0.2, -0.15) is 4.98 Å². The van der Waals surface area contributed by atoms with Crippen LogP contribution in [0.2, 0.25) is 0 Å². The number of anilines is 1. The van der Waals surface area contributed by atoms with Crippen molar-refractivity contribution in [1.29, 1.82) is 0 Å². The van der Waals surface area contributed by atoms with Gasteiger partial charge in [0, 0.05) is 9.99 Å². The van der Waals surface area contributed by atoms with E-state index in [0.717, 1.165) is 33.5 Å². The summed E-state index contributed by atoms with van der Waals surface area (Å²) >= 11 is 2.25. The van der Waals surface area contributed by atoms with E-state index in [1.54, 1.807) is 0 Å². The van der Waals surface area contributed by atoms with Crippen LogP contribution in [0.4, 0.5) is 5.82 Å². The van der Waals surface area contributed by atoms with Gasteiger partial charge in [-0.05, 0) is 60.2 Å². The minimum absolute atomic E-state index is 0.539. The Hall–Kier alpha value is -1.41. The first-order valence-corrected chi connectivity index (χ1v) is 7.49. The lowest BCUT2D eigenvalue weighted by atomic mass is 10.3. The van der Waals surface area contributed by atoms with Crippen molar-refractivity contribution in [3.8, 4) is 11.6 Å². The number of aryl methyl sites for hydroxylation is 1. The second-order valence-corrected chi connectivity index (χ2v) is 5.61. The van der Waals surface area contributed by atoms with Gasteiger partial charge in [0.1, 0.15) is 17.4 Å². The third-order valence-corrected chi connectivity index (χ3v) is 3.51. The molecule has 0 radical (unpaired) electrons. The lowest BCUT2D eigenvalue weighted by Gasteiger charge is -2.12. The van der Waals surface area contributed by atoms with E-state index >= 15 is 0 Å². The average Bonchev–Trinajstić information content (AvgIpc) is 2.45. The van der Waals surface area contributed by atoms with Crippen LogP contribution in [0.5, 0.6) is 11.6 Å². The summed E-state index contributed by atoms with van der Waals surface area (Å²) in [6.07, 6.45) is 1.76. The lowest BCUT2D eigenvalue weighted by Crippen LogP contribution is -2.13. The van der Waals surface area contributed by atoms with Crippen molar-refractivity contribution in [3.05, 3.63) is 39.2 Å². The number of halogens is 1. The summed E-state index contributed by atoms with van der Waals surface area (Å²) in [7, 11) is 0. The number of ether oxygens (including phenoxy) is 1. The number of aromatic nitrogens is 2. The molecule has 0 fully saturated rings. The van der Waals surface area contributed by atoms with Crippen LogP contribution in [0.1, 0.15) is 24.7 Å². The number of hydrogen-bond acceptors (Lipinski definition) is 5. The Kier molecular flexibility index (Phi) is 5.13. The van der Waals surface area contributed by atoms with Crippen molar-refractivity contribution >= 4 is 28.4 Å². The van der Waals surface area contributed by atoms with E-state index in [4.69, 9.17) is 10.6 Å². The number of hydrogen-bond donors (Lipinski definition) is 2. The van der Waals surface area contributed by atoms with Gasteiger partial charge < -0.3 is 10.2 Å². The SMILES string of the molecule is CCCc1nc(NN)c(C)c(Oc2ccc(I)cc2)n1. The Morgan fingerprint density at radius 2 is 1.95 bits per heavy atom. The molecule has 1 heterocycles. The van der Waals surface area contributed by atoms with E-state index in [2.05, 4.69) is 44.9 Å². The molecule has 20 heavy (non-hydrogen) atoms. The molecule has 0 amide bonds. The highest BCUT2D eigenvalue weighted by atomic mass is 127. The summed E-state index contributed by atoms with van der Waals surface area (Å²) in [5, 5.41) is 0. The number of nitrogen functional groups attached to an aromatic ring is 1. The summed E-state index contributed by atoms with van der Waals surface area (Å²) in [5.74, 6) is 8.12. The summed E-state index contributed by atoms with van der Waals surface area (Å²) in [6.45, 7) is 3.96. The summed E-state index contributed by atoms with van der Waals surface area (Å²) in [4.78, 5) is 8.83. The van der Waals surface area contributed by atoms with Crippen molar-refractivity contribution in [3.63, 3.8) is 0 Å². The standard InChI is InChI=1S/C14H17IN4O/c1-3-4-12-17-13(19-16)9(2)14(18-12)20-11-7-5-10(15)6-8-11/h5-8H,3-4,16H2,1-2H3,(H,17,18,19). The number of nitrogens with zero attached hydrogens (tertiary/aromatic N) is 2. The summed E-state index contributed by atoms with van der Waals surface area (Å²) < 4.78 is 7.00. The van der Waals surface area contributed by atoms with Gasteiger partial charge in [-0.15, -0.1) is 0 Å². The van der Waals surface area contributed by atoms with Gasteiger partial charge in [0.05, 0.1) is 5.56 Å². The van der Waals surface area contributed by atoms with E-state index < -0.39 is 0 Å². The second kappa shape index (κ2) is 6.85. The fourth-order valence-corrected chi connectivity index (χ4v) is 2.09. The number of nitrogens with two attached hydrogens (primary N) is 1. The average molecular weight is 384 g/mol. The van der Waals surface area contributed by atoms with Gasteiger partial charge in [0.15, 0.2) is 0 Å². The van der Waals surface area contributed by atoms with Crippen LogP contribution in [-0.2, 0) is 6.42 Å². The first kappa shape index (κ1) is 15.0. The van der Waals surface area contributed by atoms with E-state index in [9.17, 15) is 0 Å². The predicted octanol–water partition coefficient (Wildman–Crippen LogP) is 3.42. The molecule has 3 N–H and O–H groups in total. The van der Waals surface area contributed by atoms with Crippen LogP contribution in [0.25, 0.3) is 0 Å². The molecule has 106 valence electrons. The molecule has 0 atom stereocenters. The van der Waals surface area contributed by atoms with Crippen LogP contribution >= 0.6 is 22.6 Å². The Balaban J connectivity index is 2.33. The third kappa shape index (κ3) is 3.57. The molecular weight excluding hydrogens is 367 g/mol. The summed E-state index contributed by atoms with van der Waals surface area (Å²) in [6, 6.07) is 7.81. The Morgan fingerprint density at radius 3 is 2.55 bits per heavy atom. The molecule has 0 saturated heterocycles. The van der Waals surface area contributed by atoms with Crippen LogP contribution in [0.15, 0.2) is 24.3 Å². The molecule has 1 aromatic heterocycles. The highest BCUT2D eigenvalue weighted by Gasteiger charge is 2.12. The molecular formula is C14H17IN4O. The lowest BCUT2D eigenvalue weighted by molar-refractivity contribution is 0.454. The molecule has 1 aromatic carbocycles. The fraction of sp³-hybridized carbons (Fsp3) is 0.286. The van der Waals surface area contributed by atoms with E-state index in [1.165, 1.54) is 0 Å². The van der Waals surface area contributed by atoms with Crippen molar-refractivity contribution < 1.29 is 4.74 Å². The molecule has 0 aliphatic rings. The van der Waals surface area contributed by atoms with Gasteiger partial charge in [-0.1, -0.05) is 6.92 Å².